The maximum atomic E-state index is 12.3. The van der Waals surface area contributed by atoms with E-state index < -0.39 is 11.6 Å². The summed E-state index contributed by atoms with van der Waals surface area (Å²) in [5, 5.41) is 2.75. The Morgan fingerprint density at radius 1 is 1.00 bits per heavy atom. The predicted molar refractivity (Wildman–Crippen MR) is 105 cm³/mol. The monoisotopic (exact) mass is 351 g/mol. The van der Waals surface area contributed by atoms with Crippen LogP contribution >= 0.6 is 0 Å². The number of para-hydroxylation sites is 1. The molecule has 4 heteroatoms. The smallest absolute Gasteiger partial charge is 0.340 e. The number of anilines is 1. The average Bonchev–Trinajstić information content (AvgIpc) is 2.55. The largest absolute Gasteiger partial charge is 0.456 e. The maximum Gasteiger partial charge on any atom is 0.340 e. The van der Waals surface area contributed by atoms with Crippen LogP contribution in [0.25, 0.3) is 6.08 Å². The Balaban J connectivity index is 2.13. The lowest BCUT2D eigenvalue weighted by molar-refractivity contribution is -0.111. The fourth-order valence-electron chi connectivity index (χ4n) is 2.32. The van der Waals surface area contributed by atoms with Gasteiger partial charge in [0, 0.05) is 6.08 Å². The van der Waals surface area contributed by atoms with Gasteiger partial charge in [0.2, 0.25) is 5.91 Å². The number of carbonyl (C=O) groups excluding carboxylic acids is 2. The molecule has 2 rings (SSSR count). The van der Waals surface area contributed by atoms with Crippen LogP contribution in [-0.4, -0.2) is 17.5 Å². The normalized spacial score (nSPS) is 11.4. The van der Waals surface area contributed by atoms with Crippen LogP contribution in [0.1, 0.15) is 47.8 Å². The number of esters is 1. The van der Waals surface area contributed by atoms with E-state index in [2.05, 4.69) is 5.32 Å². The molecule has 2 aromatic carbocycles. The second kappa shape index (κ2) is 8.00. The molecule has 0 aromatic heterocycles. The molecule has 1 N–H and O–H groups in total. The third-order valence-corrected chi connectivity index (χ3v) is 3.76. The quantitative estimate of drug-likeness (QED) is 0.629. The van der Waals surface area contributed by atoms with Gasteiger partial charge in [0.05, 0.1) is 11.3 Å². The molecule has 2 aromatic rings. The molecule has 1 amide bonds. The summed E-state index contributed by atoms with van der Waals surface area (Å²) in [6.07, 6.45) is 3.20. The third-order valence-electron chi connectivity index (χ3n) is 3.76. The lowest BCUT2D eigenvalue weighted by Gasteiger charge is -2.20. The van der Waals surface area contributed by atoms with Gasteiger partial charge >= 0.3 is 5.97 Å². The number of ether oxygens (including phenoxy) is 1. The van der Waals surface area contributed by atoms with Gasteiger partial charge in [0.25, 0.3) is 0 Å². The van der Waals surface area contributed by atoms with Crippen molar-refractivity contribution in [3.8, 4) is 0 Å². The van der Waals surface area contributed by atoms with Crippen molar-refractivity contribution in [1.29, 1.82) is 0 Å². The maximum absolute atomic E-state index is 12.3. The zero-order valence-corrected chi connectivity index (χ0v) is 15.9. The van der Waals surface area contributed by atoms with Gasteiger partial charge in [0.15, 0.2) is 0 Å². The summed E-state index contributed by atoms with van der Waals surface area (Å²) in [7, 11) is 0. The number of carbonyl (C=O) groups is 2. The van der Waals surface area contributed by atoms with Gasteiger partial charge in [-0.1, -0.05) is 30.3 Å². The Morgan fingerprint density at radius 3 is 2.35 bits per heavy atom. The highest BCUT2D eigenvalue weighted by Crippen LogP contribution is 2.20. The van der Waals surface area contributed by atoms with Crippen molar-refractivity contribution in [3.05, 3.63) is 70.8 Å². The van der Waals surface area contributed by atoms with Crippen LogP contribution in [0.2, 0.25) is 0 Å². The number of nitrogens with one attached hydrogen (secondary N) is 1. The molecule has 0 spiro atoms. The number of rotatable bonds is 4. The van der Waals surface area contributed by atoms with Crippen LogP contribution in [0.15, 0.2) is 48.5 Å². The van der Waals surface area contributed by atoms with E-state index in [0.29, 0.717) is 11.3 Å². The second-order valence-electron chi connectivity index (χ2n) is 7.21. The fraction of sp³-hybridized carbons (Fsp3) is 0.273. The molecular weight excluding hydrogens is 326 g/mol. The van der Waals surface area contributed by atoms with Crippen LogP contribution < -0.4 is 5.32 Å². The van der Waals surface area contributed by atoms with Gasteiger partial charge in [-0.15, -0.1) is 0 Å². The van der Waals surface area contributed by atoms with E-state index >= 15 is 0 Å². The summed E-state index contributed by atoms with van der Waals surface area (Å²) >= 11 is 0. The second-order valence-corrected chi connectivity index (χ2v) is 7.21. The number of benzene rings is 2. The zero-order valence-electron chi connectivity index (χ0n) is 15.9. The Morgan fingerprint density at radius 2 is 1.69 bits per heavy atom. The molecule has 0 unspecified atom stereocenters. The number of hydrogen-bond acceptors (Lipinski definition) is 3. The first-order chi connectivity index (χ1) is 12.2. The number of aryl methyl sites for hydroxylation is 2. The molecule has 0 atom stereocenters. The number of hydrogen-bond donors (Lipinski definition) is 1. The Labute approximate surface area is 154 Å². The molecule has 0 saturated heterocycles. The van der Waals surface area contributed by atoms with Crippen molar-refractivity contribution in [3.63, 3.8) is 0 Å². The summed E-state index contributed by atoms with van der Waals surface area (Å²) < 4.78 is 5.39. The van der Waals surface area contributed by atoms with E-state index in [1.165, 1.54) is 17.2 Å². The molecule has 0 bridgehead atoms. The van der Waals surface area contributed by atoms with Crippen molar-refractivity contribution in [2.75, 3.05) is 5.32 Å². The summed E-state index contributed by atoms with van der Waals surface area (Å²) in [6.45, 7) is 9.49. The van der Waals surface area contributed by atoms with Gasteiger partial charge in [-0.2, -0.15) is 0 Å². The fourth-order valence-corrected chi connectivity index (χ4v) is 2.32. The van der Waals surface area contributed by atoms with E-state index in [1.54, 1.807) is 51.1 Å². The minimum Gasteiger partial charge on any atom is -0.456 e. The van der Waals surface area contributed by atoms with Crippen LogP contribution in [0.3, 0.4) is 0 Å². The molecule has 0 aliphatic rings. The van der Waals surface area contributed by atoms with Crippen LogP contribution in [0, 0.1) is 13.8 Å². The molecule has 26 heavy (non-hydrogen) atoms. The predicted octanol–water partition coefficient (Wildman–Crippen LogP) is 4.91. The summed E-state index contributed by atoms with van der Waals surface area (Å²) in [5.41, 5.74) is 3.48. The van der Waals surface area contributed by atoms with E-state index in [9.17, 15) is 9.59 Å². The van der Waals surface area contributed by atoms with E-state index in [-0.39, 0.29) is 5.91 Å². The van der Waals surface area contributed by atoms with Gasteiger partial charge in [-0.3, -0.25) is 4.79 Å². The molecule has 136 valence electrons. The minimum atomic E-state index is -0.600. The highest BCUT2D eigenvalue weighted by molar-refractivity contribution is 6.06. The molecule has 0 fully saturated rings. The molecule has 4 nitrogen and oxygen atoms in total. The zero-order chi connectivity index (χ0) is 19.3. The summed E-state index contributed by atoms with van der Waals surface area (Å²) in [5.74, 6) is -0.772. The minimum absolute atomic E-state index is 0.306. The average molecular weight is 351 g/mol. The number of amides is 1. The van der Waals surface area contributed by atoms with Crippen LogP contribution in [0.5, 0.6) is 0 Å². The van der Waals surface area contributed by atoms with Crippen molar-refractivity contribution in [2.24, 2.45) is 0 Å². The first kappa shape index (κ1) is 19.4. The van der Waals surface area contributed by atoms with Gasteiger partial charge in [0.1, 0.15) is 5.60 Å². The molecule has 0 saturated carbocycles. The lowest BCUT2D eigenvalue weighted by atomic mass is 10.1. The highest BCUT2D eigenvalue weighted by atomic mass is 16.6. The Hall–Kier alpha value is -2.88. The van der Waals surface area contributed by atoms with Gasteiger partial charge in [-0.25, -0.2) is 4.79 Å². The summed E-state index contributed by atoms with van der Waals surface area (Å²) in [4.78, 5) is 24.6. The summed E-state index contributed by atoms with van der Waals surface area (Å²) in [6, 6.07) is 12.8. The Bertz CT molecular complexity index is 845. The molecule has 0 heterocycles. The first-order valence-corrected chi connectivity index (χ1v) is 8.54. The lowest BCUT2D eigenvalue weighted by Crippen LogP contribution is -2.24. The molecule has 0 radical (unpaired) electrons. The Kier molecular flexibility index (Phi) is 5.98. The highest BCUT2D eigenvalue weighted by Gasteiger charge is 2.20. The third kappa shape index (κ3) is 5.59. The molecule has 0 aliphatic heterocycles. The van der Waals surface area contributed by atoms with Crippen molar-refractivity contribution >= 4 is 23.6 Å². The van der Waals surface area contributed by atoms with Gasteiger partial charge in [-0.05, 0) is 69.5 Å². The van der Waals surface area contributed by atoms with E-state index in [4.69, 9.17) is 4.74 Å². The molecular formula is C22H25NO3. The van der Waals surface area contributed by atoms with Crippen molar-refractivity contribution < 1.29 is 14.3 Å². The van der Waals surface area contributed by atoms with Gasteiger partial charge < -0.3 is 10.1 Å². The van der Waals surface area contributed by atoms with Crippen LogP contribution in [-0.2, 0) is 9.53 Å². The van der Waals surface area contributed by atoms with Crippen LogP contribution in [0.4, 0.5) is 5.69 Å². The first-order valence-electron chi connectivity index (χ1n) is 8.54. The van der Waals surface area contributed by atoms with E-state index in [1.807, 2.05) is 32.0 Å². The SMILES string of the molecule is Cc1ccc(/C=C/C(=O)Nc2ccccc2C(=O)OC(C)(C)C)cc1C. The van der Waals surface area contributed by atoms with E-state index in [0.717, 1.165) is 5.56 Å². The topological polar surface area (TPSA) is 55.4 Å². The van der Waals surface area contributed by atoms with Crippen molar-refractivity contribution in [2.45, 2.75) is 40.2 Å². The standard InChI is InChI=1S/C22H25NO3/c1-15-10-11-17(14-16(15)2)12-13-20(24)23-19-9-7-6-8-18(19)21(25)26-22(3,4)5/h6-14H,1-5H3,(H,23,24)/b13-12+. The molecule has 0 aliphatic carbocycles. The van der Waals surface area contributed by atoms with Crippen molar-refractivity contribution in [1.82, 2.24) is 0 Å².